The number of nitrogens with zero attached hydrogens (tertiary/aromatic N) is 1. The first-order valence-corrected chi connectivity index (χ1v) is 10.5. The number of amides is 1. The van der Waals surface area contributed by atoms with Crippen LogP contribution in [0.15, 0.2) is 76.3 Å². The fourth-order valence-electron chi connectivity index (χ4n) is 2.61. The monoisotopic (exact) mass is 500 g/mol. The van der Waals surface area contributed by atoms with Crippen molar-refractivity contribution in [2.75, 3.05) is 6.61 Å². The van der Waals surface area contributed by atoms with Crippen LogP contribution in [-0.4, -0.2) is 24.7 Å². The SMILES string of the molecule is CCOc1cc(/C=N\NC(=O)c2ccccc2Br)ccc1OC(=O)c1ccccc1Cl. The molecule has 3 aromatic rings. The van der Waals surface area contributed by atoms with E-state index in [-0.39, 0.29) is 17.2 Å². The normalized spacial score (nSPS) is 10.7. The summed E-state index contributed by atoms with van der Waals surface area (Å²) in [6.07, 6.45) is 1.47. The van der Waals surface area contributed by atoms with E-state index in [1.807, 2.05) is 13.0 Å². The summed E-state index contributed by atoms with van der Waals surface area (Å²) in [4.78, 5) is 24.7. The van der Waals surface area contributed by atoms with Crippen molar-refractivity contribution in [1.82, 2.24) is 5.43 Å². The number of nitrogens with one attached hydrogen (secondary N) is 1. The molecule has 6 nitrogen and oxygen atoms in total. The topological polar surface area (TPSA) is 77.0 Å². The van der Waals surface area contributed by atoms with Crippen molar-refractivity contribution in [2.24, 2.45) is 5.10 Å². The molecule has 0 heterocycles. The van der Waals surface area contributed by atoms with E-state index in [1.54, 1.807) is 60.7 Å². The number of hydrazone groups is 1. The highest BCUT2D eigenvalue weighted by Gasteiger charge is 2.15. The fraction of sp³-hybridized carbons (Fsp3) is 0.0870. The molecule has 0 aliphatic rings. The summed E-state index contributed by atoms with van der Waals surface area (Å²) < 4.78 is 11.7. The van der Waals surface area contributed by atoms with Crippen LogP contribution in [0.4, 0.5) is 0 Å². The van der Waals surface area contributed by atoms with Gasteiger partial charge in [-0.05, 0) is 70.9 Å². The van der Waals surface area contributed by atoms with Gasteiger partial charge < -0.3 is 9.47 Å². The average molecular weight is 502 g/mol. The van der Waals surface area contributed by atoms with E-state index in [0.717, 1.165) is 0 Å². The van der Waals surface area contributed by atoms with Gasteiger partial charge in [-0.2, -0.15) is 5.10 Å². The molecule has 0 spiro atoms. The highest BCUT2D eigenvalue weighted by Crippen LogP contribution is 2.29. The quantitative estimate of drug-likeness (QED) is 0.201. The van der Waals surface area contributed by atoms with Gasteiger partial charge in [-0.25, -0.2) is 10.2 Å². The van der Waals surface area contributed by atoms with Crippen LogP contribution in [-0.2, 0) is 0 Å². The molecule has 0 bridgehead atoms. The van der Waals surface area contributed by atoms with E-state index in [4.69, 9.17) is 21.1 Å². The molecule has 3 aromatic carbocycles. The zero-order chi connectivity index (χ0) is 22.2. The Hall–Kier alpha value is -3.16. The molecule has 0 radical (unpaired) electrons. The number of esters is 1. The summed E-state index contributed by atoms with van der Waals surface area (Å²) in [5.74, 6) is -0.321. The van der Waals surface area contributed by atoms with Gasteiger partial charge in [-0.15, -0.1) is 0 Å². The molecule has 0 unspecified atom stereocenters. The summed E-state index contributed by atoms with van der Waals surface area (Å²) in [5.41, 5.74) is 3.85. The molecule has 31 heavy (non-hydrogen) atoms. The molecule has 1 N–H and O–H groups in total. The second kappa shape index (κ2) is 10.7. The van der Waals surface area contributed by atoms with Gasteiger partial charge in [0.1, 0.15) is 0 Å². The largest absolute Gasteiger partial charge is 0.490 e. The van der Waals surface area contributed by atoms with Gasteiger partial charge in [0, 0.05) is 4.47 Å². The van der Waals surface area contributed by atoms with Crippen LogP contribution in [0.25, 0.3) is 0 Å². The van der Waals surface area contributed by atoms with Gasteiger partial charge in [0.25, 0.3) is 5.91 Å². The van der Waals surface area contributed by atoms with Gasteiger partial charge in [0.05, 0.1) is 29.0 Å². The molecule has 8 heteroatoms. The number of halogens is 2. The van der Waals surface area contributed by atoms with Gasteiger partial charge in [-0.1, -0.05) is 35.9 Å². The van der Waals surface area contributed by atoms with E-state index < -0.39 is 5.97 Å². The lowest BCUT2D eigenvalue weighted by molar-refractivity contribution is 0.0728. The molecule has 0 saturated carbocycles. The van der Waals surface area contributed by atoms with Gasteiger partial charge in [-0.3, -0.25) is 4.79 Å². The molecule has 0 fully saturated rings. The van der Waals surface area contributed by atoms with Crippen LogP contribution in [0.5, 0.6) is 11.5 Å². The lowest BCUT2D eigenvalue weighted by Gasteiger charge is -2.12. The van der Waals surface area contributed by atoms with Crippen LogP contribution < -0.4 is 14.9 Å². The fourth-order valence-corrected chi connectivity index (χ4v) is 3.29. The second-order valence-electron chi connectivity index (χ2n) is 6.19. The first-order chi connectivity index (χ1) is 15.0. The molecule has 0 aromatic heterocycles. The molecule has 1 amide bonds. The van der Waals surface area contributed by atoms with Gasteiger partial charge >= 0.3 is 5.97 Å². The summed E-state index contributed by atoms with van der Waals surface area (Å²) in [5, 5.41) is 4.28. The number of rotatable bonds is 7. The minimum Gasteiger partial charge on any atom is -0.490 e. The Morgan fingerprint density at radius 2 is 1.74 bits per heavy atom. The van der Waals surface area contributed by atoms with Gasteiger partial charge in [0.2, 0.25) is 0 Å². The minimum atomic E-state index is -0.589. The molecule has 158 valence electrons. The maximum atomic E-state index is 12.4. The van der Waals surface area contributed by atoms with Crippen LogP contribution in [0.1, 0.15) is 33.2 Å². The zero-order valence-corrected chi connectivity index (χ0v) is 18.8. The lowest BCUT2D eigenvalue weighted by atomic mass is 10.2. The summed E-state index contributed by atoms with van der Waals surface area (Å²) in [6.45, 7) is 2.19. The smallest absolute Gasteiger partial charge is 0.345 e. The van der Waals surface area contributed by atoms with E-state index in [2.05, 4.69) is 26.5 Å². The van der Waals surface area contributed by atoms with Gasteiger partial charge in [0.15, 0.2) is 11.5 Å². The Bertz CT molecular complexity index is 1130. The van der Waals surface area contributed by atoms with Crippen LogP contribution in [0.3, 0.4) is 0 Å². The maximum absolute atomic E-state index is 12.4. The van der Waals surface area contributed by atoms with Crippen molar-refractivity contribution in [3.63, 3.8) is 0 Å². The third-order valence-corrected chi connectivity index (χ3v) is 5.08. The highest BCUT2D eigenvalue weighted by atomic mass is 79.9. The second-order valence-corrected chi connectivity index (χ2v) is 7.45. The molecular formula is C23H18BrClN2O4. The minimum absolute atomic E-state index is 0.251. The average Bonchev–Trinajstić information content (AvgIpc) is 2.76. The first kappa shape index (κ1) is 22.5. The number of benzene rings is 3. The predicted molar refractivity (Wildman–Crippen MR) is 123 cm³/mol. The zero-order valence-electron chi connectivity index (χ0n) is 16.5. The lowest BCUT2D eigenvalue weighted by Crippen LogP contribution is -2.18. The van der Waals surface area contributed by atoms with Crippen molar-refractivity contribution in [1.29, 1.82) is 0 Å². The number of ether oxygens (including phenoxy) is 2. The van der Waals surface area contributed by atoms with Crippen LogP contribution in [0.2, 0.25) is 5.02 Å². The third-order valence-electron chi connectivity index (χ3n) is 4.06. The highest BCUT2D eigenvalue weighted by molar-refractivity contribution is 9.10. The van der Waals surface area contributed by atoms with E-state index in [9.17, 15) is 9.59 Å². The Balaban J connectivity index is 1.73. The van der Waals surface area contributed by atoms with Crippen LogP contribution >= 0.6 is 27.5 Å². The van der Waals surface area contributed by atoms with Crippen molar-refractivity contribution in [3.05, 3.63) is 92.9 Å². The van der Waals surface area contributed by atoms with E-state index >= 15 is 0 Å². The molecule has 0 aliphatic heterocycles. The molecular weight excluding hydrogens is 484 g/mol. The molecule has 0 atom stereocenters. The summed E-state index contributed by atoms with van der Waals surface area (Å²) in [7, 11) is 0. The van der Waals surface area contributed by atoms with Crippen LogP contribution in [0, 0.1) is 0 Å². The Morgan fingerprint density at radius 3 is 2.45 bits per heavy atom. The Morgan fingerprint density at radius 1 is 1.03 bits per heavy atom. The van der Waals surface area contributed by atoms with Crippen molar-refractivity contribution in [2.45, 2.75) is 6.92 Å². The molecule has 0 aliphatic carbocycles. The Kier molecular flexibility index (Phi) is 7.81. The summed E-state index contributed by atoms with van der Waals surface area (Å²) in [6, 6.07) is 18.6. The van der Waals surface area contributed by atoms with E-state index in [0.29, 0.717) is 33.0 Å². The standard InChI is InChI=1S/C23H18BrClN2O4/c1-2-30-21-13-15(14-26-27-22(28)16-7-3-5-9-18(16)24)11-12-20(21)31-23(29)17-8-4-6-10-19(17)25/h3-14H,2H2,1H3,(H,27,28)/b26-14-. The number of hydrogen-bond acceptors (Lipinski definition) is 5. The molecule has 0 saturated heterocycles. The number of carbonyl (C=O) groups is 2. The van der Waals surface area contributed by atoms with E-state index in [1.165, 1.54) is 6.21 Å². The Labute approximate surface area is 193 Å². The summed E-state index contributed by atoms with van der Waals surface area (Å²) >= 11 is 9.39. The number of hydrogen-bond donors (Lipinski definition) is 1. The van der Waals surface area contributed by atoms with Crippen molar-refractivity contribution < 1.29 is 19.1 Å². The molecule has 3 rings (SSSR count). The van der Waals surface area contributed by atoms with Crippen molar-refractivity contribution in [3.8, 4) is 11.5 Å². The first-order valence-electron chi connectivity index (χ1n) is 9.31. The number of carbonyl (C=O) groups excluding carboxylic acids is 2. The maximum Gasteiger partial charge on any atom is 0.345 e. The third kappa shape index (κ3) is 5.93. The predicted octanol–water partition coefficient (Wildman–Crippen LogP) is 5.48. The van der Waals surface area contributed by atoms with Crippen molar-refractivity contribution >= 4 is 45.6 Å².